The molecular formula is C13H17N3O2. The third-order valence-corrected chi connectivity index (χ3v) is 3.46. The highest BCUT2D eigenvalue weighted by Crippen LogP contribution is 2.35. The van der Waals surface area contributed by atoms with E-state index < -0.39 is 5.41 Å². The van der Waals surface area contributed by atoms with Gasteiger partial charge in [-0.25, -0.2) is 0 Å². The second-order valence-electron chi connectivity index (χ2n) is 4.87. The van der Waals surface area contributed by atoms with E-state index in [-0.39, 0.29) is 5.91 Å². The van der Waals surface area contributed by atoms with Crippen molar-refractivity contribution in [2.24, 2.45) is 5.41 Å². The lowest BCUT2D eigenvalue weighted by molar-refractivity contribution is -0.129. The molecule has 5 nitrogen and oxygen atoms in total. The Morgan fingerprint density at radius 3 is 2.83 bits per heavy atom. The van der Waals surface area contributed by atoms with Crippen LogP contribution in [0.25, 0.3) is 0 Å². The molecule has 1 aliphatic carbocycles. The third kappa shape index (κ3) is 2.53. The van der Waals surface area contributed by atoms with E-state index in [0.29, 0.717) is 30.8 Å². The molecule has 1 aromatic heterocycles. The lowest BCUT2D eigenvalue weighted by atomic mass is 9.74. The highest BCUT2D eigenvalue weighted by atomic mass is 16.5. The van der Waals surface area contributed by atoms with Crippen LogP contribution in [0.1, 0.15) is 43.6 Å². The van der Waals surface area contributed by atoms with Crippen molar-refractivity contribution in [3.05, 3.63) is 17.5 Å². The van der Waals surface area contributed by atoms with Crippen molar-refractivity contribution in [2.75, 3.05) is 0 Å². The minimum absolute atomic E-state index is 0.176. The summed E-state index contributed by atoms with van der Waals surface area (Å²) >= 11 is 0. The Bertz CT molecular complexity index is 467. The molecule has 1 heterocycles. The molecule has 1 N–H and O–H groups in total. The number of carbonyl (C=O) groups is 1. The Balaban J connectivity index is 1.96. The van der Waals surface area contributed by atoms with Gasteiger partial charge in [0.25, 0.3) is 0 Å². The Labute approximate surface area is 106 Å². The molecule has 0 atom stereocenters. The van der Waals surface area contributed by atoms with Crippen molar-refractivity contribution in [1.29, 1.82) is 5.26 Å². The molecule has 0 aromatic carbocycles. The summed E-state index contributed by atoms with van der Waals surface area (Å²) < 4.78 is 4.93. The smallest absolute Gasteiger partial charge is 0.240 e. The molecule has 0 unspecified atom stereocenters. The highest BCUT2D eigenvalue weighted by Gasteiger charge is 2.39. The zero-order valence-electron chi connectivity index (χ0n) is 10.5. The van der Waals surface area contributed by atoms with Gasteiger partial charge in [-0.3, -0.25) is 4.79 Å². The van der Waals surface area contributed by atoms with Crippen LogP contribution in [0.4, 0.5) is 0 Å². The van der Waals surface area contributed by atoms with E-state index in [1.807, 2.05) is 0 Å². The number of carbonyl (C=O) groups excluding carboxylic acids is 1. The normalized spacial score (nSPS) is 18.0. The first-order valence-corrected chi connectivity index (χ1v) is 6.28. The summed E-state index contributed by atoms with van der Waals surface area (Å²) in [6.07, 6.45) is 4.33. The van der Waals surface area contributed by atoms with E-state index in [2.05, 4.69) is 16.5 Å². The fraction of sp³-hybridized carbons (Fsp3) is 0.615. The van der Waals surface area contributed by atoms with Crippen LogP contribution in [0.2, 0.25) is 0 Å². The van der Waals surface area contributed by atoms with Crippen molar-refractivity contribution in [1.82, 2.24) is 10.5 Å². The number of aryl methyl sites for hydroxylation is 1. The number of nitrogens with one attached hydrogen (secondary N) is 1. The average molecular weight is 247 g/mol. The molecule has 1 aliphatic rings. The first-order valence-electron chi connectivity index (χ1n) is 6.28. The second-order valence-corrected chi connectivity index (χ2v) is 4.87. The van der Waals surface area contributed by atoms with E-state index in [1.165, 1.54) is 0 Å². The van der Waals surface area contributed by atoms with Crippen molar-refractivity contribution >= 4 is 5.91 Å². The standard InChI is InChI=1S/C13H17N3O2/c1-10-7-11(16-18-10)8-15-12(17)13(9-14)5-3-2-4-6-13/h7H,2-6,8H2,1H3,(H,15,17). The van der Waals surface area contributed by atoms with Crippen molar-refractivity contribution < 1.29 is 9.32 Å². The van der Waals surface area contributed by atoms with Crippen LogP contribution in [0, 0.1) is 23.7 Å². The topological polar surface area (TPSA) is 78.9 Å². The van der Waals surface area contributed by atoms with Gasteiger partial charge >= 0.3 is 0 Å². The monoisotopic (exact) mass is 247 g/mol. The van der Waals surface area contributed by atoms with Crippen molar-refractivity contribution in [2.45, 2.75) is 45.6 Å². The molecule has 96 valence electrons. The van der Waals surface area contributed by atoms with Gasteiger partial charge in [-0.1, -0.05) is 24.4 Å². The van der Waals surface area contributed by atoms with E-state index in [0.717, 1.165) is 19.3 Å². The van der Waals surface area contributed by atoms with Crippen molar-refractivity contribution in [3.63, 3.8) is 0 Å². The summed E-state index contributed by atoms with van der Waals surface area (Å²) in [6.45, 7) is 2.12. The van der Waals surface area contributed by atoms with Crippen LogP contribution in [-0.2, 0) is 11.3 Å². The van der Waals surface area contributed by atoms with Gasteiger partial charge < -0.3 is 9.84 Å². The van der Waals surface area contributed by atoms with Crippen LogP contribution in [0.5, 0.6) is 0 Å². The Morgan fingerprint density at radius 2 is 2.28 bits per heavy atom. The van der Waals surface area contributed by atoms with Gasteiger partial charge in [-0.05, 0) is 19.8 Å². The van der Waals surface area contributed by atoms with E-state index in [1.54, 1.807) is 13.0 Å². The molecule has 5 heteroatoms. The van der Waals surface area contributed by atoms with Gasteiger partial charge in [0.15, 0.2) is 0 Å². The summed E-state index contributed by atoms with van der Waals surface area (Å²) in [6, 6.07) is 3.98. The third-order valence-electron chi connectivity index (χ3n) is 3.46. The quantitative estimate of drug-likeness (QED) is 0.886. The molecule has 1 aromatic rings. The fourth-order valence-electron chi connectivity index (χ4n) is 2.39. The van der Waals surface area contributed by atoms with Crippen LogP contribution in [-0.4, -0.2) is 11.1 Å². The van der Waals surface area contributed by atoms with Crippen molar-refractivity contribution in [3.8, 4) is 6.07 Å². The van der Waals surface area contributed by atoms with E-state index >= 15 is 0 Å². The van der Waals surface area contributed by atoms with Gasteiger partial charge in [0, 0.05) is 6.07 Å². The summed E-state index contributed by atoms with van der Waals surface area (Å²) in [5.74, 6) is 0.539. The predicted molar refractivity (Wildman–Crippen MR) is 64.2 cm³/mol. The molecule has 1 fully saturated rings. The van der Waals surface area contributed by atoms with E-state index in [9.17, 15) is 10.1 Å². The summed E-state index contributed by atoms with van der Waals surface area (Å²) in [5.41, 5.74) is -0.151. The van der Waals surface area contributed by atoms with Gasteiger partial charge in [0.1, 0.15) is 16.9 Å². The van der Waals surface area contributed by atoms with Gasteiger partial charge in [-0.15, -0.1) is 0 Å². The summed E-state index contributed by atoms with van der Waals surface area (Å²) in [7, 11) is 0. The minimum atomic E-state index is -0.836. The Kier molecular flexibility index (Phi) is 3.66. The maximum Gasteiger partial charge on any atom is 0.240 e. The molecule has 1 saturated carbocycles. The molecule has 0 saturated heterocycles. The zero-order chi connectivity index (χ0) is 13.0. The SMILES string of the molecule is Cc1cc(CNC(=O)C2(C#N)CCCCC2)no1. The zero-order valence-corrected chi connectivity index (χ0v) is 10.5. The fourth-order valence-corrected chi connectivity index (χ4v) is 2.39. The number of aromatic nitrogens is 1. The predicted octanol–water partition coefficient (Wildman–Crippen LogP) is 2.07. The number of hydrogen-bond acceptors (Lipinski definition) is 4. The Hall–Kier alpha value is -1.83. The second kappa shape index (κ2) is 5.21. The van der Waals surface area contributed by atoms with Gasteiger partial charge in [-0.2, -0.15) is 5.26 Å². The minimum Gasteiger partial charge on any atom is -0.361 e. The molecule has 0 radical (unpaired) electrons. The lowest BCUT2D eigenvalue weighted by Gasteiger charge is -2.28. The maximum atomic E-state index is 12.1. The highest BCUT2D eigenvalue weighted by molar-refractivity contribution is 5.85. The Morgan fingerprint density at radius 1 is 1.56 bits per heavy atom. The lowest BCUT2D eigenvalue weighted by Crippen LogP contribution is -2.41. The average Bonchev–Trinajstić information content (AvgIpc) is 2.82. The largest absolute Gasteiger partial charge is 0.361 e. The molecule has 0 aliphatic heterocycles. The van der Waals surface area contributed by atoms with Gasteiger partial charge in [0.2, 0.25) is 5.91 Å². The molecule has 0 spiro atoms. The number of nitriles is 1. The number of rotatable bonds is 3. The number of hydrogen-bond donors (Lipinski definition) is 1. The molecular weight excluding hydrogens is 230 g/mol. The van der Waals surface area contributed by atoms with Crippen LogP contribution < -0.4 is 5.32 Å². The number of nitrogens with zero attached hydrogens (tertiary/aromatic N) is 2. The maximum absolute atomic E-state index is 12.1. The molecule has 0 bridgehead atoms. The molecule has 18 heavy (non-hydrogen) atoms. The summed E-state index contributed by atoms with van der Waals surface area (Å²) in [5, 5.41) is 15.9. The number of amides is 1. The van der Waals surface area contributed by atoms with Gasteiger partial charge in [0.05, 0.1) is 12.6 Å². The molecule has 2 rings (SSSR count). The van der Waals surface area contributed by atoms with Crippen LogP contribution in [0.3, 0.4) is 0 Å². The summed E-state index contributed by atoms with van der Waals surface area (Å²) in [4.78, 5) is 12.1. The first kappa shape index (κ1) is 12.6. The van der Waals surface area contributed by atoms with Crippen LogP contribution >= 0.6 is 0 Å². The molecule has 1 amide bonds. The van der Waals surface area contributed by atoms with E-state index in [4.69, 9.17) is 4.52 Å². The first-order chi connectivity index (χ1) is 8.66. The van der Waals surface area contributed by atoms with Crippen LogP contribution in [0.15, 0.2) is 10.6 Å².